The molecule has 0 atom stereocenters. The maximum absolute atomic E-state index is 13.8. The maximum Gasteiger partial charge on any atom is 0.340 e. The summed E-state index contributed by atoms with van der Waals surface area (Å²) in [5.41, 5.74) is 1.12. The van der Waals surface area contributed by atoms with E-state index in [1.165, 1.54) is 24.2 Å². The summed E-state index contributed by atoms with van der Waals surface area (Å²) in [4.78, 5) is 26.1. The molecule has 0 aromatic heterocycles. The molecule has 1 amide bonds. The van der Waals surface area contributed by atoms with Crippen molar-refractivity contribution in [3.63, 3.8) is 0 Å². The second-order valence-electron chi connectivity index (χ2n) is 5.30. The third-order valence-corrected chi connectivity index (χ3v) is 3.55. The molecule has 1 aliphatic rings. The molecule has 0 bridgehead atoms. The number of nitrogens with zero attached hydrogens (tertiary/aromatic N) is 1. The lowest BCUT2D eigenvalue weighted by molar-refractivity contribution is -0.136. The molecule has 0 aliphatic carbocycles. The first-order valence-electron chi connectivity index (χ1n) is 6.97. The van der Waals surface area contributed by atoms with Gasteiger partial charge < -0.3 is 9.64 Å². The number of carbonyl (C=O) groups is 2. The molecule has 0 radical (unpaired) electrons. The van der Waals surface area contributed by atoms with Crippen LogP contribution < -0.4 is 0 Å². The van der Waals surface area contributed by atoms with E-state index < -0.39 is 11.8 Å². The van der Waals surface area contributed by atoms with E-state index in [4.69, 9.17) is 4.74 Å². The first kappa shape index (κ1) is 15.9. The topological polar surface area (TPSA) is 46.6 Å². The third kappa shape index (κ3) is 2.66. The molecule has 0 saturated carbocycles. The fraction of sp³-hybridized carbons (Fsp3) is 0.294. The van der Waals surface area contributed by atoms with Crippen molar-refractivity contribution < 1.29 is 18.7 Å². The van der Waals surface area contributed by atoms with E-state index in [1.807, 2.05) is 13.8 Å². The van der Waals surface area contributed by atoms with Gasteiger partial charge in [0.2, 0.25) is 0 Å². The monoisotopic (exact) mass is 303 g/mol. The van der Waals surface area contributed by atoms with E-state index in [2.05, 4.69) is 0 Å². The normalized spacial score (nSPS) is 16.9. The average Bonchev–Trinajstić information content (AvgIpc) is 2.71. The van der Waals surface area contributed by atoms with Gasteiger partial charge in [0.05, 0.1) is 18.3 Å². The quantitative estimate of drug-likeness (QED) is 0.637. The van der Waals surface area contributed by atoms with E-state index in [0.717, 1.165) is 0 Å². The number of benzene rings is 1. The lowest BCUT2D eigenvalue weighted by Crippen LogP contribution is -2.31. The van der Waals surface area contributed by atoms with Crippen molar-refractivity contribution in [1.82, 2.24) is 4.90 Å². The molecule has 2 rings (SSSR count). The number of carbonyl (C=O) groups excluding carboxylic acids is 2. The van der Waals surface area contributed by atoms with Crippen LogP contribution in [0.2, 0.25) is 0 Å². The molecule has 0 N–H and O–H groups in total. The highest BCUT2D eigenvalue weighted by molar-refractivity contribution is 6.16. The summed E-state index contributed by atoms with van der Waals surface area (Å²) in [5, 5.41) is 0. The van der Waals surface area contributed by atoms with Gasteiger partial charge in [-0.3, -0.25) is 4.79 Å². The molecule has 0 saturated heterocycles. The highest BCUT2D eigenvalue weighted by atomic mass is 19.1. The van der Waals surface area contributed by atoms with Crippen LogP contribution in [0.25, 0.3) is 6.08 Å². The van der Waals surface area contributed by atoms with Gasteiger partial charge in [0.25, 0.3) is 5.91 Å². The van der Waals surface area contributed by atoms with E-state index in [0.29, 0.717) is 5.70 Å². The zero-order chi connectivity index (χ0) is 16.4. The molecule has 4 nitrogen and oxygen atoms in total. The second-order valence-corrected chi connectivity index (χ2v) is 5.30. The van der Waals surface area contributed by atoms with Gasteiger partial charge in [0.1, 0.15) is 5.82 Å². The minimum Gasteiger partial charge on any atom is -0.465 e. The Bertz CT molecular complexity index is 689. The summed E-state index contributed by atoms with van der Waals surface area (Å²) < 4.78 is 18.6. The molecule has 22 heavy (non-hydrogen) atoms. The Morgan fingerprint density at radius 3 is 2.50 bits per heavy atom. The van der Waals surface area contributed by atoms with Crippen LogP contribution >= 0.6 is 0 Å². The first-order valence-corrected chi connectivity index (χ1v) is 6.97. The van der Waals surface area contributed by atoms with Crippen molar-refractivity contribution in [2.24, 2.45) is 0 Å². The highest BCUT2D eigenvalue weighted by Gasteiger charge is 2.38. The van der Waals surface area contributed by atoms with Gasteiger partial charge in [0, 0.05) is 17.3 Å². The maximum atomic E-state index is 13.8. The van der Waals surface area contributed by atoms with E-state index in [1.54, 1.807) is 25.1 Å². The zero-order valence-electron chi connectivity index (χ0n) is 13.0. The Labute approximate surface area is 128 Å². The molecule has 1 heterocycles. The van der Waals surface area contributed by atoms with Crippen molar-refractivity contribution >= 4 is 18.0 Å². The Balaban J connectivity index is 2.61. The molecule has 5 heteroatoms. The molecular weight excluding hydrogens is 285 g/mol. The number of esters is 1. The van der Waals surface area contributed by atoms with Gasteiger partial charge in [-0.15, -0.1) is 0 Å². The smallest absolute Gasteiger partial charge is 0.340 e. The molecule has 0 unspecified atom stereocenters. The van der Waals surface area contributed by atoms with E-state index in [9.17, 15) is 14.0 Å². The number of allylic oxidation sites excluding steroid dienone is 1. The number of amides is 1. The minimum atomic E-state index is -0.600. The number of halogens is 1. The Kier molecular flexibility index (Phi) is 4.45. The predicted octanol–water partition coefficient (Wildman–Crippen LogP) is 2.91. The van der Waals surface area contributed by atoms with Gasteiger partial charge in [-0.1, -0.05) is 18.2 Å². The van der Waals surface area contributed by atoms with Crippen LogP contribution in [0.1, 0.15) is 26.3 Å². The van der Waals surface area contributed by atoms with Crippen LogP contribution in [0.4, 0.5) is 4.39 Å². The molecule has 0 fully saturated rings. The van der Waals surface area contributed by atoms with Crippen molar-refractivity contribution in [3.8, 4) is 0 Å². The largest absolute Gasteiger partial charge is 0.465 e. The summed E-state index contributed by atoms with van der Waals surface area (Å²) >= 11 is 0. The van der Waals surface area contributed by atoms with Gasteiger partial charge in [-0.2, -0.15) is 0 Å². The number of rotatable bonds is 3. The van der Waals surface area contributed by atoms with Gasteiger partial charge in [-0.05, 0) is 32.9 Å². The summed E-state index contributed by atoms with van der Waals surface area (Å²) in [7, 11) is 1.26. The van der Waals surface area contributed by atoms with Gasteiger partial charge >= 0.3 is 5.97 Å². The molecular formula is C17H18FNO3. The van der Waals surface area contributed by atoms with Crippen molar-refractivity contribution in [2.75, 3.05) is 7.11 Å². The van der Waals surface area contributed by atoms with E-state index in [-0.39, 0.29) is 28.7 Å². The minimum absolute atomic E-state index is 0.112. The van der Waals surface area contributed by atoms with Crippen LogP contribution in [-0.4, -0.2) is 29.9 Å². The van der Waals surface area contributed by atoms with Crippen LogP contribution in [0.15, 0.2) is 41.1 Å². The third-order valence-electron chi connectivity index (χ3n) is 3.55. The van der Waals surface area contributed by atoms with Crippen LogP contribution in [-0.2, 0) is 14.3 Å². The second kappa shape index (κ2) is 6.13. The predicted molar refractivity (Wildman–Crippen MR) is 81.1 cm³/mol. The molecule has 1 aromatic rings. The summed E-state index contributed by atoms with van der Waals surface area (Å²) in [6.45, 7) is 5.39. The Morgan fingerprint density at radius 2 is 1.95 bits per heavy atom. The highest BCUT2D eigenvalue weighted by Crippen LogP contribution is 2.33. The van der Waals surface area contributed by atoms with Crippen LogP contribution in [0, 0.1) is 5.82 Å². The van der Waals surface area contributed by atoms with Crippen molar-refractivity contribution in [2.45, 2.75) is 26.8 Å². The number of hydrogen-bond donors (Lipinski definition) is 0. The Hall–Kier alpha value is -2.43. The van der Waals surface area contributed by atoms with E-state index >= 15 is 0 Å². The number of ether oxygens (including phenoxy) is 1. The number of hydrogen-bond acceptors (Lipinski definition) is 3. The van der Waals surface area contributed by atoms with Crippen LogP contribution in [0.3, 0.4) is 0 Å². The first-order chi connectivity index (χ1) is 10.4. The van der Waals surface area contributed by atoms with Gasteiger partial charge in [0.15, 0.2) is 0 Å². The molecule has 116 valence electrons. The SMILES string of the molecule is COC(=O)C1=C(C)N(C(C)C)C(=O)C1=Cc1ccccc1F. The molecule has 0 spiro atoms. The van der Waals surface area contributed by atoms with Crippen LogP contribution in [0.5, 0.6) is 0 Å². The molecule has 1 aliphatic heterocycles. The standard InChI is InChI=1S/C17H18FNO3/c1-10(2)19-11(3)15(17(21)22-4)13(16(19)20)9-12-7-5-6-8-14(12)18/h5-10H,1-4H3. The fourth-order valence-electron chi connectivity index (χ4n) is 2.57. The number of methoxy groups -OCH3 is 1. The van der Waals surface area contributed by atoms with Crippen molar-refractivity contribution in [1.29, 1.82) is 0 Å². The Morgan fingerprint density at radius 1 is 1.32 bits per heavy atom. The summed E-state index contributed by atoms with van der Waals surface area (Å²) in [6.07, 6.45) is 1.40. The molecule has 1 aromatic carbocycles. The summed E-state index contributed by atoms with van der Waals surface area (Å²) in [6, 6.07) is 5.98. The van der Waals surface area contributed by atoms with Crippen molar-refractivity contribution in [3.05, 3.63) is 52.5 Å². The van der Waals surface area contributed by atoms with Gasteiger partial charge in [-0.25, -0.2) is 9.18 Å². The lowest BCUT2D eigenvalue weighted by atomic mass is 10.0. The average molecular weight is 303 g/mol. The fourth-order valence-corrected chi connectivity index (χ4v) is 2.57. The lowest BCUT2D eigenvalue weighted by Gasteiger charge is -2.22. The zero-order valence-corrected chi connectivity index (χ0v) is 13.0. The summed E-state index contributed by atoms with van der Waals surface area (Å²) in [5.74, 6) is -1.37.